The number of nitrogens with zero attached hydrogens (tertiary/aromatic N) is 1. The largest absolute Gasteiger partial charge is 0.508 e. The Morgan fingerprint density at radius 3 is 2.48 bits per heavy atom. The lowest BCUT2D eigenvalue weighted by Crippen LogP contribution is -2.41. The highest BCUT2D eigenvalue weighted by Crippen LogP contribution is 2.37. The molecule has 146 valence electrons. The summed E-state index contributed by atoms with van der Waals surface area (Å²) in [5.41, 5.74) is 3.37. The van der Waals surface area contributed by atoms with Gasteiger partial charge < -0.3 is 25.0 Å². The molecule has 1 heterocycles. The summed E-state index contributed by atoms with van der Waals surface area (Å²) in [4.78, 5) is 2.29. The third kappa shape index (κ3) is 4.46. The van der Waals surface area contributed by atoms with Crippen molar-refractivity contribution in [1.29, 1.82) is 0 Å². The van der Waals surface area contributed by atoms with E-state index in [-0.39, 0.29) is 11.8 Å². The van der Waals surface area contributed by atoms with E-state index in [4.69, 9.17) is 9.47 Å². The van der Waals surface area contributed by atoms with Crippen LogP contribution in [0.3, 0.4) is 0 Å². The number of hydrogen-bond acceptors (Lipinski definition) is 6. The Balaban J connectivity index is 1.62. The van der Waals surface area contributed by atoms with Crippen LogP contribution in [0.5, 0.6) is 17.2 Å². The summed E-state index contributed by atoms with van der Waals surface area (Å²) in [6, 6.07) is 11.1. The highest BCUT2D eigenvalue weighted by Gasteiger charge is 2.27. The van der Waals surface area contributed by atoms with Crippen LogP contribution in [0.2, 0.25) is 0 Å². The summed E-state index contributed by atoms with van der Waals surface area (Å²) in [6.07, 6.45) is 0.418. The Morgan fingerprint density at radius 1 is 1.15 bits per heavy atom. The number of phenols is 1. The number of nitrogens with one attached hydrogen (secondary N) is 1. The van der Waals surface area contributed by atoms with Crippen LogP contribution in [0.4, 0.5) is 5.69 Å². The Morgan fingerprint density at radius 2 is 1.81 bits per heavy atom. The molecule has 0 aliphatic carbocycles. The van der Waals surface area contributed by atoms with E-state index in [0.717, 1.165) is 30.2 Å². The number of benzene rings is 2. The van der Waals surface area contributed by atoms with E-state index in [1.807, 2.05) is 6.07 Å². The molecule has 27 heavy (non-hydrogen) atoms. The number of β-amino-alcohol motifs (C(OH)–C–C–N with tert-alkyl or cyclic N) is 1. The molecule has 0 fully saturated rings. The normalized spacial score (nSPS) is 17.9. The summed E-state index contributed by atoms with van der Waals surface area (Å²) in [7, 11) is 3.30. The molecule has 2 aromatic rings. The Bertz CT molecular complexity index is 764. The fraction of sp³-hybridized carbons (Fsp3) is 0.429. The van der Waals surface area contributed by atoms with Crippen molar-refractivity contribution in [2.45, 2.75) is 25.5 Å². The third-order valence-electron chi connectivity index (χ3n) is 5.17. The van der Waals surface area contributed by atoms with Crippen molar-refractivity contribution in [3.8, 4) is 17.2 Å². The molecule has 0 saturated heterocycles. The maximum Gasteiger partial charge on any atom is 0.161 e. The van der Waals surface area contributed by atoms with Gasteiger partial charge in [0.2, 0.25) is 0 Å². The van der Waals surface area contributed by atoms with Crippen molar-refractivity contribution in [2.24, 2.45) is 0 Å². The lowest BCUT2D eigenvalue weighted by Gasteiger charge is -2.37. The van der Waals surface area contributed by atoms with Gasteiger partial charge >= 0.3 is 0 Å². The van der Waals surface area contributed by atoms with Gasteiger partial charge in [-0.05, 0) is 60.9 Å². The van der Waals surface area contributed by atoms with Gasteiger partial charge in [-0.2, -0.15) is 0 Å². The van der Waals surface area contributed by atoms with Gasteiger partial charge in [0.15, 0.2) is 11.5 Å². The van der Waals surface area contributed by atoms with Gasteiger partial charge in [-0.15, -0.1) is 0 Å². The van der Waals surface area contributed by atoms with Gasteiger partial charge in [-0.25, -0.2) is 0 Å². The van der Waals surface area contributed by atoms with Gasteiger partial charge in [-0.1, -0.05) is 0 Å². The summed E-state index contributed by atoms with van der Waals surface area (Å²) < 4.78 is 10.8. The number of fused-ring (bicyclic) bond motifs is 1. The monoisotopic (exact) mass is 372 g/mol. The molecule has 2 atom stereocenters. The number of rotatable bonds is 7. The van der Waals surface area contributed by atoms with Crippen molar-refractivity contribution in [3.05, 3.63) is 47.5 Å². The second-order valence-electron chi connectivity index (χ2n) is 6.91. The molecule has 3 N–H and O–H groups in total. The second-order valence-corrected chi connectivity index (χ2v) is 6.91. The van der Waals surface area contributed by atoms with Crippen LogP contribution < -0.4 is 14.8 Å². The minimum absolute atomic E-state index is 0.192. The predicted octanol–water partition coefficient (Wildman–Crippen LogP) is 2.80. The molecule has 6 heteroatoms. The van der Waals surface area contributed by atoms with E-state index in [2.05, 4.69) is 23.2 Å². The van der Waals surface area contributed by atoms with Crippen LogP contribution in [0.1, 0.15) is 24.1 Å². The Kier molecular flexibility index (Phi) is 6.08. The minimum atomic E-state index is -0.497. The number of aromatic hydroxyl groups is 1. The summed E-state index contributed by atoms with van der Waals surface area (Å²) in [5, 5.41) is 23.0. The van der Waals surface area contributed by atoms with Crippen molar-refractivity contribution in [3.63, 3.8) is 0 Å². The van der Waals surface area contributed by atoms with E-state index in [0.29, 0.717) is 13.1 Å². The third-order valence-corrected chi connectivity index (χ3v) is 5.17. The number of ether oxygens (including phenoxy) is 2. The molecule has 0 amide bonds. The molecular weight excluding hydrogens is 344 g/mol. The van der Waals surface area contributed by atoms with E-state index < -0.39 is 6.10 Å². The molecule has 0 radical (unpaired) electrons. The number of aliphatic hydroxyl groups excluding tert-OH is 1. The zero-order valence-electron chi connectivity index (χ0n) is 16.1. The van der Waals surface area contributed by atoms with Crippen LogP contribution in [0.25, 0.3) is 0 Å². The number of aliphatic hydroxyl groups is 1. The van der Waals surface area contributed by atoms with Crippen molar-refractivity contribution in [1.82, 2.24) is 4.90 Å². The molecule has 0 aromatic heterocycles. The molecule has 6 nitrogen and oxygen atoms in total. The molecule has 2 aromatic carbocycles. The maximum absolute atomic E-state index is 10.5. The lowest BCUT2D eigenvalue weighted by molar-refractivity contribution is 0.0940. The second kappa shape index (κ2) is 8.50. The SMILES string of the molecule is COc1cc2c(cc1OC)C(C)N(CC(O)CNc1ccc(O)cc1)CC2. The quantitative estimate of drug-likeness (QED) is 0.649. The zero-order chi connectivity index (χ0) is 19.4. The lowest BCUT2D eigenvalue weighted by atomic mass is 9.92. The Hall–Kier alpha value is -2.44. The molecule has 3 rings (SSSR count). The highest BCUT2D eigenvalue weighted by atomic mass is 16.5. The van der Waals surface area contributed by atoms with Crippen LogP contribution in [0, 0.1) is 0 Å². The number of anilines is 1. The summed E-state index contributed by atoms with van der Waals surface area (Å²) in [6.45, 7) is 4.08. The van der Waals surface area contributed by atoms with Gasteiger partial charge in [0.25, 0.3) is 0 Å². The van der Waals surface area contributed by atoms with Gasteiger partial charge in [0.1, 0.15) is 5.75 Å². The Labute approximate surface area is 160 Å². The fourth-order valence-corrected chi connectivity index (χ4v) is 3.60. The minimum Gasteiger partial charge on any atom is -0.508 e. The van der Waals surface area contributed by atoms with Crippen LogP contribution >= 0.6 is 0 Å². The molecule has 2 unspecified atom stereocenters. The fourth-order valence-electron chi connectivity index (χ4n) is 3.60. The van der Waals surface area contributed by atoms with Crippen LogP contribution in [-0.4, -0.2) is 55.1 Å². The van der Waals surface area contributed by atoms with Gasteiger partial charge in [-0.3, -0.25) is 4.90 Å². The summed E-state index contributed by atoms with van der Waals surface area (Å²) >= 11 is 0. The topological polar surface area (TPSA) is 74.2 Å². The molecule has 1 aliphatic heterocycles. The van der Waals surface area contributed by atoms with E-state index in [1.54, 1.807) is 38.5 Å². The molecule has 0 spiro atoms. The molecule has 1 aliphatic rings. The first-order chi connectivity index (χ1) is 13.0. The van der Waals surface area contributed by atoms with Crippen molar-refractivity contribution >= 4 is 5.69 Å². The van der Waals surface area contributed by atoms with E-state index >= 15 is 0 Å². The number of methoxy groups -OCH3 is 2. The van der Waals surface area contributed by atoms with Crippen molar-refractivity contribution in [2.75, 3.05) is 39.2 Å². The van der Waals surface area contributed by atoms with Crippen molar-refractivity contribution < 1.29 is 19.7 Å². The molecule has 0 bridgehead atoms. The first-order valence-corrected chi connectivity index (χ1v) is 9.21. The molecule has 0 saturated carbocycles. The highest BCUT2D eigenvalue weighted by molar-refractivity contribution is 5.49. The standard InChI is InChI=1S/C21H28N2O4/c1-14-19-11-21(27-3)20(26-2)10-15(19)8-9-23(14)13-18(25)12-22-16-4-6-17(24)7-5-16/h4-7,10-11,14,18,22,24-25H,8-9,12-13H2,1-3H3. The van der Waals surface area contributed by atoms with Crippen LogP contribution in [0.15, 0.2) is 36.4 Å². The summed E-state index contributed by atoms with van der Waals surface area (Å²) in [5.74, 6) is 1.73. The average molecular weight is 372 g/mol. The number of hydrogen-bond donors (Lipinski definition) is 3. The first kappa shape index (κ1) is 19.3. The van der Waals surface area contributed by atoms with Crippen LogP contribution in [-0.2, 0) is 6.42 Å². The predicted molar refractivity (Wildman–Crippen MR) is 106 cm³/mol. The average Bonchev–Trinajstić information content (AvgIpc) is 2.69. The van der Waals surface area contributed by atoms with Gasteiger partial charge in [0.05, 0.1) is 20.3 Å². The van der Waals surface area contributed by atoms with E-state index in [9.17, 15) is 10.2 Å². The van der Waals surface area contributed by atoms with Gasteiger partial charge in [0, 0.05) is 31.4 Å². The zero-order valence-corrected chi connectivity index (χ0v) is 16.1. The maximum atomic E-state index is 10.5. The smallest absolute Gasteiger partial charge is 0.161 e. The first-order valence-electron chi connectivity index (χ1n) is 9.21. The number of phenolic OH excluding ortho intramolecular Hbond substituents is 1. The van der Waals surface area contributed by atoms with E-state index in [1.165, 1.54) is 11.1 Å². The molecular formula is C21H28N2O4.